The van der Waals surface area contributed by atoms with Crippen molar-refractivity contribution in [2.45, 2.75) is 6.92 Å². The van der Waals surface area contributed by atoms with Gasteiger partial charge in [0.05, 0.1) is 5.02 Å². The number of halogens is 3. The molecule has 4 heteroatoms. The summed E-state index contributed by atoms with van der Waals surface area (Å²) in [6, 6.07) is 1.97. The molecule has 1 nitrogen and oxygen atoms in total. The molecule has 1 heterocycles. The number of hydrogen-bond donors (Lipinski definition) is 0. The van der Waals surface area contributed by atoms with Crippen LogP contribution in [0.4, 0.5) is 8.78 Å². The number of rotatable bonds is 0. The van der Waals surface area contributed by atoms with Crippen molar-refractivity contribution in [3.63, 3.8) is 0 Å². The molecule has 1 aromatic heterocycles. The van der Waals surface area contributed by atoms with E-state index in [9.17, 15) is 8.78 Å². The Morgan fingerprint density at radius 2 is 2.00 bits per heavy atom. The van der Waals surface area contributed by atoms with E-state index in [4.69, 9.17) is 11.6 Å². The van der Waals surface area contributed by atoms with Crippen LogP contribution in [-0.4, -0.2) is 4.98 Å². The summed E-state index contributed by atoms with van der Waals surface area (Å²) in [5.41, 5.74) is 0.797. The maximum Gasteiger partial charge on any atom is 0.152 e. The molecule has 0 N–H and O–H groups in total. The van der Waals surface area contributed by atoms with E-state index >= 15 is 0 Å². The molecular formula is C10H6ClF2N. The van der Waals surface area contributed by atoms with E-state index in [2.05, 4.69) is 4.98 Å². The molecule has 0 amide bonds. The molecule has 72 valence electrons. The Balaban J connectivity index is 2.95. The van der Waals surface area contributed by atoms with Gasteiger partial charge in [0.1, 0.15) is 11.3 Å². The lowest BCUT2D eigenvalue weighted by Gasteiger charge is -2.03. The molecule has 0 aliphatic heterocycles. The number of fused-ring (bicyclic) bond motifs is 1. The minimum absolute atomic E-state index is 0.0991. The van der Waals surface area contributed by atoms with Gasteiger partial charge in [0.15, 0.2) is 5.82 Å². The summed E-state index contributed by atoms with van der Waals surface area (Å²) in [5.74, 6) is -1.34. The standard InChI is InChI=1S/C10H6ClF2N/c1-5-4-14-10-7(9(5)11)2-6(12)3-8(10)13/h2-4H,1H3. The lowest BCUT2D eigenvalue weighted by molar-refractivity contribution is 0.590. The average Bonchev–Trinajstić information content (AvgIpc) is 2.12. The van der Waals surface area contributed by atoms with Crippen molar-refractivity contribution in [1.82, 2.24) is 4.98 Å². The van der Waals surface area contributed by atoms with Crippen LogP contribution in [0.1, 0.15) is 5.56 Å². The van der Waals surface area contributed by atoms with Crippen molar-refractivity contribution in [2.75, 3.05) is 0 Å². The first-order chi connectivity index (χ1) is 6.59. The topological polar surface area (TPSA) is 12.9 Å². The highest BCUT2D eigenvalue weighted by molar-refractivity contribution is 6.36. The Hall–Kier alpha value is -1.22. The molecule has 2 aromatic rings. The first-order valence-electron chi connectivity index (χ1n) is 3.99. The van der Waals surface area contributed by atoms with Gasteiger partial charge < -0.3 is 0 Å². The Morgan fingerprint density at radius 1 is 1.29 bits per heavy atom. The molecule has 0 spiro atoms. The highest BCUT2D eigenvalue weighted by Crippen LogP contribution is 2.27. The molecule has 0 saturated carbocycles. The first kappa shape index (κ1) is 9.34. The van der Waals surface area contributed by atoms with E-state index < -0.39 is 11.6 Å². The molecule has 0 aliphatic rings. The van der Waals surface area contributed by atoms with E-state index in [-0.39, 0.29) is 5.52 Å². The predicted molar refractivity (Wildman–Crippen MR) is 51.4 cm³/mol. The van der Waals surface area contributed by atoms with Gasteiger partial charge in [0.25, 0.3) is 0 Å². The quantitative estimate of drug-likeness (QED) is 0.653. The molecule has 0 atom stereocenters. The highest BCUT2D eigenvalue weighted by Gasteiger charge is 2.09. The van der Waals surface area contributed by atoms with Gasteiger partial charge in [0.2, 0.25) is 0 Å². The monoisotopic (exact) mass is 213 g/mol. The third-order valence-electron chi connectivity index (χ3n) is 2.00. The van der Waals surface area contributed by atoms with Crippen molar-refractivity contribution in [3.8, 4) is 0 Å². The van der Waals surface area contributed by atoms with Crippen molar-refractivity contribution >= 4 is 22.5 Å². The van der Waals surface area contributed by atoms with Gasteiger partial charge in [0, 0.05) is 17.6 Å². The van der Waals surface area contributed by atoms with Crippen LogP contribution >= 0.6 is 11.6 Å². The van der Waals surface area contributed by atoms with E-state index in [1.165, 1.54) is 12.3 Å². The lowest BCUT2D eigenvalue weighted by atomic mass is 10.1. The summed E-state index contributed by atoms with van der Waals surface area (Å²) >= 11 is 5.90. The van der Waals surface area contributed by atoms with Gasteiger partial charge in [-0.05, 0) is 18.6 Å². The van der Waals surface area contributed by atoms with Crippen LogP contribution in [0.5, 0.6) is 0 Å². The number of pyridine rings is 1. The second-order valence-corrected chi connectivity index (χ2v) is 3.42. The van der Waals surface area contributed by atoms with E-state index in [0.717, 1.165) is 6.07 Å². The van der Waals surface area contributed by atoms with Crippen LogP contribution in [-0.2, 0) is 0 Å². The van der Waals surface area contributed by atoms with Crippen LogP contribution in [0.15, 0.2) is 18.3 Å². The molecular weight excluding hydrogens is 208 g/mol. The molecule has 0 bridgehead atoms. The minimum Gasteiger partial charge on any atom is -0.253 e. The molecule has 1 aromatic carbocycles. The molecule has 0 unspecified atom stereocenters. The Morgan fingerprint density at radius 3 is 2.71 bits per heavy atom. The van der Waals surface area contributed by atoms with Crippen molar-refractivity contribution in [3.05, 3.63) is 40.6 Å². The molecule has 0 saturated heterocycles. The fourth-order valence-corrected chi connectivity index (χ4v) is 1.49. The average molecular weight is 214 g/mol. The summed E-state index contributed by atoms with van der Waals surface area (Å²) in [6.45, 7) is 1.73. The second kappa shape index (κ2) is 3.17. The van der Waals surface area contributed by atoms with Crippen molar-refractivity contribution < 1.29 is 8.78 Å². The van der Waals surface area contributed by atoms with Gasteiger partial charge in [-0.15, -0.1) is 0 Å². The highest BCUT2D eigenvalue weighted by atomic mass is 35.5. The third kappa shape index (κ3) is 1.34. The Kier molecular flexibility index (Phi) is 2.11. The summed E-state index contributed by atoms with van der Waals surface area (Å²) in [7, 11) is 0. The smallest absolute Gasteiger partial charge is 0.152 e. The predicted octanol–water partition coefficient (Wildman–Crippen LogP) is 3.47. The van der Waals surface area contributed by atoms with Gasteiger partial charge in [-0.2, -0.15) is 0 Å². The number of aryl methyl sites for hydroxylation is 1. The molecule has 0 fully saturated rings. The summed E-state index contributed by atoms with van der Waals surface area (Å²) in [6.07, 6.45) is 1.46. The lowest BCUT2D eigenvalue weighted by Crippen LogP contribution is -1.89. The molecule has 0 aliphatic carbocycles. The minimum atomic E-state index is -0.693. The van der Waals surface area contributed by atoms with Crippen molar-refractivity contribution in [2.24, 2.45) is 0 Å². The van der Waals surface area contributed by atoms with E-state index in [0.29, 0.717) is 16.0 Å². The second-order valence-electron chi connectivity index (χ2n) is 3.04. The Bertz CT molecular complexity index is 511. The normalized spacial score (nSPS) is 10.9. The summed E-state index contributed by atoms with van der Waals surface area (Å²) < 4.78 is 26.1. The van der Waals surface area contributed by atoms with Crippen LogP contribution in [0, 0.1) is 18.6 Å². The van der Waals surface area contributed by atoms with Crippen LogP contribution in [0.2, 0.25) is 5.02 Å². The number of benzene rings is 1. The summed E-state index contributed by atoms with van der Waals surface area (Å²) in [5, 5.41) is 0.651. The SMILES string of the molecule is Cc1cnc2c(F)cc(F)cc2c1Cl. The zero-order chi connectivity index (χ0) is 10.3. The van der Waals surface area contributed by atoms with Crippen molar-refractivity contribution in [1.29, 1.82) is 0 Å². The van der Waals surface area contributed by atoms with Gasteiger partial charge in [-0.1, -0.05) is 11.6 Å². The largest absolute Gasteiger partial charge is 0.253 e. The van der Waals surface area contributed by atoms with E-state index in [1.807, 2.05) is 0 Å². The van der Waals surface area contributed by atoms with Crippen LogP contribution < -0.4 is 0 Å². The molecule has 14 heavy (non-hydrogen) atoms. The van der Waals surface area contributed by atoms with Crippen LogP contribution in [0.25, 0.3) is 10.9 Å². The fourth-order valence-electron chi connectivity index (χ4n) is 1.29. The zero-order valence-corrected chi connectivity index (χ0v) is 8.07. The number of aromatic nitrogens is 1. The maximum atomic E-state index is 13.2. The zero-order valence-electron chi connectivity index (χ0n) is 7.31. The fraction of sp³-hybridized carbons (Fsp3) is 0.100. The van der Waals surface area contributed by atoms with E-state index in [1.54, 1.807) is 6.92 Å². The number of nitrogens with zero attached hydrogens (tertiary/aromatic N) is 1. The van der Waals surface area contributed by atoms with Gasteiger partial charge in [-0.3, -0.25) is 4.98 Å². The molecule has 0 radical (unpaired) electrons. The maximum absolute atomic E-state index is 13.2. The van der Waals surface area contributed by atoms with Crippen LogP contribution in [0.3, 0.4) is 0 Å². The number of hydrogen-bond acceptors (Lipinski definition) is 1. The first-order valence-corrected chi connectivity index (χ1v) is 4.37. The molecule has 2 rings (SSSR count). The summed E-state index contributed by atoms with van der Waals surface area (Å²) in [4.78, 5) is 3.86. The van der Waals surface area contributed by atoms with Gasteiger partial charge in [-0.25, -0.2) is 8.78 Å². The third-order valence-corrected chi connectivity index (χ3v) is 2.50. The Labute approximate surface area is 84.3 Å². The van der Waals surface area contributed by atoms with Gasteiger partial charge >= 0.3 is 0 Å².